The van der Waals surface area contributed by atoms with E-state index in [1.807, 2.05) is 0 Å². The van der Waals surface area contributed by atoms with Gasteiger partial charge in [0.05, 0.1) is 5.69 Å². The smallest absolute Gasteiger partial charge is 0.0745 e. The maximum Gasteiger partial charge on any atom is 0.0745 e. The highest BCUT2D eigenvalue weighted by Gasteiger charge is 2.41. The van der Waals surface area contributed by atoms with Gasteiger partial charge in [-0.25, -0.2) is 0 Å². The molecule has 2 aliphatic carbocycles. The van der Waals surface area contributed by atoms with E-state index in [1.54, 1.807) is 11.1 Å². The Kier molecular flexibility index (Phi) is 3.18. The van der Waals surface area contributed by atoms with Crippen LogP contribution in [0.4, 0.5) is 0 Å². The molecular formula is C21H23N. The number of hydrogen-bond acceptors (Lipinski definition) is 1. The molecule has 1 aromatic heterocycles. The highest BCUT2D eigenvalue weighted by Crippen LogP contribution is 2.57. The molecule has 1 heteroatoms. The van der Waals surface area contributed by atoms with Gasteiger partial charge >= 0.3 is 0 Å². The Bertz CT molecular complexity index is 770. The number of hydrogen-bond donors (Lipinski definition) is 0. The minimum absolute atomic E-state index is 0.728. The number of benzene rings is 1. The van der Waals surface area contributed by atoms with Gasteiger partial charge in [0, 0.05) is 11.3 Å². The third-order valence-corrected chi connectivity index (χ3v) is 5.49. The van der Waals surface area contributed by atoms with Crippen molar-refractivity contribution in [2.75, 3.05) is 0 Å². The number of aryl methyl sites for hydroxylation is 2. The first-order valence-electron chi connectivity index (χ1n) is 8.43. The molecular weight excluding hydrogens is 266 g/mol. The Balaban J connectivity index is 2.03. The number of nitrogens with zero attached hydrogens (tertiary/aromatic N) is 1. The predicted molar refractivity (Wildman–Crippen MR) is 93.2 cm³/mol. The molecule has 112 valence electrons. The molecule has 4 rings (SSSR count). The van der Waals surface area contributed by atoms with E-state index >= 15 is 0 Å². The van der Waals surface area contributed by atoms with E-state index in [2.05, 4.69) is 57.2 Å². The zero-order valence-electron chi connectivity index (χ0n) is 13.7. The van der Waals surface area contributed by atoms with Gasteiger partial charge < -0.3 is 0 Å². The van der Waals surface area contributed by atoms with E-state index in [1.165, 1.54) is 47.3 Å². The topological polar surface area (TPSA) is 12.9 Å². The molecule has 0 aliphatic heterocycles. The third-order valence-electron chi connectivity index (χ3n) is 5.49. The van der Waals surface area contributed by atoms with Gasteiger partial charge in [0.2, 0.25) is 0 Å². The highest BCUT2D eigenvalue weighted by molar-refractivity contribution is 5.75. The summed E-state index contributed by atoms with van der Waals surface area (Å²) in [5.41, 5.74) is 9.65. The van der Waals surface area contributed by atoms with Crippen molar-refractivity contribution in [3.63, 3.8) is 0 Å². The van der Waals surface area contributed by atoms with Crippen LogP contribution in [0.2, 0.25) is 0 Å². The SMILES string of the molecule is CC=Cc1c(C)nc(-c2ccccc2C)c2c1C1CCC2C1. The molecule has 2 unspecified atom stereocenters. The quantitative estimate of drug-likeness (QED) is 0.684. The van der Waals surface area contributed by atoms with Crippen LogP contribution in [0.25, 0.3) is 17.3 Å². The van der Waals surface area contributed by atoms with Crippen LogP contribution >= 0.6 is 0 Å². The highest BCUT2D eigenvalue weighted by atomic mass is 14.7. The first-order valence-corrected chi connectivity index (χ1v) is 8.43. The average molecular weight is 289 g/mol. The molecule has 1 heterocycles. The van der Waals surface area contributed by atoms with Crippen molar-refractivity contribution in [3.8, 4) is 11.3 Å². The molecule has 1 nitrogen and oxygen atoms in total. The maximum atomic E-state index is 5.06. The monoisotopic (exact) mass is 289 g/mol. The van der Waals surface area contributed by atoms with Crippen LogP contribution < -0.4 is 0 Å². The lowest BCUT2D eigenvalue weighted by Gasteiger charge is -2.23. The van der Waals surface area contributed by atoms with E-state index < -0.39 is 0 Å². The Labute approximate surface area is 133 Å². The van der Waals surface area contributed by atoms with Crippen LogP contribution in [0.15, 0.2) is 30.3 Å². The molecule has 22 heavy (non-hydrogen) atoms. The second kappa shape index (κ2) is 5.08. The molecule has 1 saturated carbocycles. The van der Waals surface area contributed by atoms with Crippen LogP contribution in [0.3, 0.4) is 0 Å². The van der Waals surface area contributed by atoms with Gasteiger partial charge in [-0.1, -0.05) is 36.4 Å². The number of aromatic nitrogens is 1. The molecule has 0 amide bonds. The summed E-state index contributed by atoms with van der Waals surface area (Å²) < 4.78 is 0. The fourth-order valence-corrected chi connectivity index (χ4v) is 4.54. The van der Waals surface area contributed by atoms with E-state index in [4.69, 9.17) is 4.98 Å². The standard InChI is InChI=1S/C21H23N/c1-4-7-18-14(3)22-21(17-9-6-5-8-13(17)2)20-16-11-10-15(12-16)19(18)20/h4-9,15-16H,10-12H2,1-3H3. The summed E-state index contributed by atoms with van der Waals surface area (Å²) in [4.78, 5) is 5.06. The normalized spacial score (nSPS) is 22.5. The first kappa shape index (κ1) is 13.8. The van der Waals surface area contributed by atoms with Gasteiger partial charge in [-0.05, 0) is 74.1 Å². The van der Waals surface area contributed by atoms with Gasteiger partial charge in [-0.15, -0.1) is 0 Å². The largest absolute Gasteiger partial charge is 0.252 e. The molecule has 2 aliphatic rings. The maximum absolute atomic E-state index is 5.06. The van der Waals surface area contributed by atoms with Crippen LogP contribution in [-0.4, -0.2) is 4.98 Å². The van der Waals surface area contributed by atoms with Gasteiger partial charge in [-0.3, -0.25) is 4.98 Å². The summed E-state index contributed by atoms with van der Waals surface area (Å²) in [5.74, 6) is 1.49. The predicted octanol–water partition coefficient (Wildman–Crippen LogP) is 5.76. The molecule has 1 aromatic carbocycles. The Morgan fingerprint density at radius 1 is 1.05 bits per heavy atom. The summed E-state index contributed by atoms with van der Waals surface area (Å²) in [7, 11) is 0. The summed E-state index contributed by atoms with van der Waals surface area (Å²) >= 11 is 0. The molecule has 2 aromatic rings. The van der Waals surface area contributed by atoms with Crippen molar-refractivity contribution in [2.24, 2.45) is 0 Å². The van der Waals surface area contributed by atoms with Crippen LogP contribution in [0.1, 0.15) is 66.0 Å². The van der Waals surface area contributed by atoms with E-state index in [9.17, 15) is 0 Å². The summed E-state index contributed by atoms with van der Waals surface area (Å²) in [6, 6.07) is 8.69. The summed E-state index contributed by atoms with van der Waals surface area (Å²) in [5, 5.41) is 0. The Morgan fingerprint density at radius 3 is 2.50 bits per heavy atom. The Hall–Kier alpha value is -1.89. The van der Waals surface area contributed by atoms with Gasteiger partial charge in [-0.2, -0.15) is 0 Å². The minimum Gasteiger partial charge on any atom is -0.252 e. The lowest BCUT2D eigenvalue weighted by Crippen LogP contribution is -2.08. The molecule has 2 bridgehead atoms. The van der Waals surface area contributed by atoms with Crippen molar-refractivity contribution < 1.29 is 0 Å². The van der Waals surface area contributed by atoms with Crippen LogP contribution in [0.5, 0.6) is 0 Å². The molecule has 2 atom stereocenters. The summed E-state index contributed by atoms with van der Waals surface area (Å²) in [6.45, 7) is 6.48. The zero-order valence-corrected chi connectivity index (χ0v) is 13.7. The van der Waals surface area contributed by atoms with Crippen molar-refractivity contribution in [1.29, 1.82) is 0 Å². The number of rotatable bonds is 2. The molecule has 0 N–H and O–H groups in total. The van der Waals surface area contributed by atoms with Crippen molar-refractivity contribution >= 4 is 6.08 Å². The summed E-state index contributed by atoms with van der Waals surface area (Å²) in [6.07, 6.45) is 8.46. The van der Waals surface area contributed by atoms with Crippen molar-refractivity contribution in [2.45, 2.75) is 51.9 Å². The lowest BCUT2D eigenvalue weighted by atomic mass is 9.84. The van der Waals surface area contributed by atoms with Gasteiger partial charge in [0.1, 0.15) is 0 Å². The molecule has 0 saturated heterocycles. The van der Waals surface area contributed by atoms with E-state index in [0.29, 0.717) is 0 Å². The second-order valence-electron chi connectivity index (χ2n) is 6.81. The van der Waals surface area contributed by atoms with Crippen LogP contribution in [-0.2, 0) is 0 Å². The van der Waals surface area contributed by atoms with Gasteiger partial charge in [0.25, 0.3) is 0 Å². The lowest BCUT2D eigenvalue weighted by molar-refractivity contribution is 0.712. The number of pyridine rings is 1. The molecule has 0 radical (unpaired) electrons. The van der Waals surface area contributed by atoms with E-state index in [0.717, 1.165) is 11.8 Å². The van der Waals surface area contributed by atoms with Crippen LogP contribution in [0, 0.1) is 13.8 Å². The van der Waals surface area contributed by atoms with Crippen molar-refractivity contribution in [1.82, 2.24) is 4.98 Å². The minimum atomic E-state index is 0.728. The van der Waals surface area contributed by atoms with Gasteiger partial charge in [0.15, 0.2) is 0 Å². The Morgan fingerprint density at radius 2 is 1.77 bits per heavy atom. The number of allylic oxidation sites excluding steroid dienone is 1. The molecule has 0 spiro atoms. The van der Waals surface area contributed by atoms with Crippen molar-refractivity contribution in [3.05, 3.63) is 58.3 Å². The average Bonchev–Trinajstić information content (AvgIpc) is 3.12. The number of fused-ring (bicyclic) bond motifs is 5. The fraction of sp³-hybridized carbons (Fsp3) is 0.381. The zero-order chi connectivity index (χ0) is 15.3. The third kappa shape index (κ3) is 1.88. The fourth-order valence-electron chi connectivity index (χ4n) is 4.54. The molecule has 1 fully saturated rings. The second-order valence-corrected chi connectivity index (χ2v) is 6.81. The first-order chi connectivity index (χ1) is 10.7. The van der Waals surface area contributed by atoms with E-state index in [-0.39, 0.29) is 0 Å².